The van der Waals surface area contributed by atoms with Gasteiger partial charge in [0.25, 0.3) is 5.91 Å². The lowest BCUT2D eigenvalue weighted by Crippen LogP contribution is -2.41. The van der Waals surface area contributed by atoms with Crippen molar-refractivity contribution in [2.45, 2.75) is 26.0 Å². The van der Waals surface area contributed by atoms with Gasteiger partial charge < -0.3 is 10.0 Å². The Balaban J connectivity index is 1.89. The van der Waals surface area contributed by atoms with Crippen molar-refractivity contribution in [1.29, 1.82) is 0 Å². The Kier molecular flexibility index (Phi) is 4.36. The SMILES string of the molecule is CC(C)(O)CN(Cc1ccccc1)C(=O)c1ccc2[nH]ncc2c1. The van der Waals surface area contributed by atoms with E-state index >= 15 is 0 Å². The number of aliphatic hydroxyl groups is 1. The van der Waals surface area contributed by atoms with Crippen molar-refractivity contribution in [3.05, 3.63) is 65.9 Å². The lowest BCUT2D eigenvalue weighted by molar-refractivity contribution is 0.0280. The molecular formula is C19H21N3O2. The number of rotatable bonds is 5. The fraction of sp³-hybridized carbons (Fsp3) is 0.263. The van der Waals surface area contributed by atoms with Crippen LogP contribution >= 0.6 is 0 Å². The fourth-order valence-corrected chi connectivity index (χ4v) is 2.73. The van der Waals surface area contributed by atoms with Gasteiger partial charge in [0.2, 0.25) is 0 Å². The molecule has 0 saturated carbocycles. The molecular weight excluding hydrogens is 302 g/mol. The number of nitrogens with one attached hydrogen (secondary N) is 1. The van der Waals surface area contributed by atoms with E-state index in [1.54, 1.807) is 31.0 Å². The maximum Gasteiger partial charge on any atom is 0.254 e. The zero-order valence-electron chi connectivity index (χ0n) is 13.9. The topological polar surface area (TPSA) is 69.2 Å². The average molecular weight is 323 g/mol. The highest BCUT2D eigenvalue weighted by molar-refractivity contribution is 5.97. The molecule has 0 radical (unpaired) electrons. The van der Waals surface area contributed by atoms with E-state index in [0.29, 0.717) is 12.1 Å². The second-order valence-electron chi connectivity index (χ2n) is 6.63. The fourth-order valence-electron chi connectivity index (χ4n) is 2.73. The number of benzene rings is 2. The Morgan fingerprint density at radius 2 is 1.96 bits per heavy atom. The van der Waals surface area contributed by atoms with E-state index in [-0.39, 0.29) is 12.5 Å². The van der Waals surface area contributed by atoms with Crippen LogP contribution in [0.15, 0.2) is 54.7 Å². The third kappa shape index (κ3) is 3.81. The molecule has 1 amide bonds. The Morgan fingerprint density at radius 3 is 2.67 bits per heavy atom. The molecule has 5 heteroatoms. The quantitative estimate of drug-likeness (QED) is 0.758. The molecule has 0 spiro atoms. The van der Waals surface area contributed by atoms with Crippen LogP contribution in [-0.2, 0) is 6.54 Å². The first-order valence-corrected chi connectivity index (χ1v) is 7.91. The number of carbonyl (C=O) groups excluding carboxylic acids is 1. The van der Waals surface area contributed by atoms with Crippen LogP contribution in [-0.4, -0.2) is 38.3 Å². The van der Waals surface area contributed by atoms with Crippen molar-refractivity contribution in [2.24, 2.45) is 0 Å². The summed E-state index contributed by atoms with van der Waals surface area (Å²) < 4.78 is 0. The molecule has 1 heterocycles. The average Bonchev–Trinajstić information content (AvgIpc) is 3.01. The summed E-state index contributed by atoms with van der Waals surface area (Å²) in [7, 11) is 0. The number of aromatic nitrogens is 2. The van der Waals surface area contributed by atoms with Gasteiger partial charge in [0.05, 0.1) is 17.3 Å². The highest BCUT2D eigenvalue weighted by atomic mass is 16.3. The molecule has 3 aromatic rings. The van der Waals surface area contributed by atoms with Gasteiger partial charge in [-0.15, -0.1) is 0 Å². The molecule has 2 aromatic carbocycles. The molecule has 3 rings (SSSR count). The summed E-state index contributed by atoms with van der Waals surface area (Å²) in [5, 5.41) is 17.9. The number of aromatic amines is 1. The van der Waals surface area contributed by atoms with Crippen molar-refractivity contribution >= 4 is 16.8 Å². The number of nitrogens with zero attached hydrogens (tertiary/aromatic N) is 2. The first-order valence-electron chi connectivity index (χ1n) is 7.91. The third-order valence-corrected chi connectivity index (χ3v) is 3.77. The normalized spacial score (nSPS) is 11.6. The molecule has 1 aromatic heterocycles. The van der Waals surface area contributed by atoms with Crippen molar-refractivity contribution in [2.75, 3.05) is 6.54 Å². The first-order chi connectivity index (χ1) is 11.4. The van der Waals surface area contributed by atoms with Crippen molar-refractivity contribution < 1.29 is 9.90 Å². The second-order valence-corrected chi connectivity index (χ2v) is 6.63. The van der Waals surface area contributed by atoms with Crippen LogP contribution in [0.1, 0.15) is 29.8 Å². The van der Waals surface area contributed by atoms with Crippen LogP contribution in [0.2, 0.25) is 0 Å². The van der Waals surface area contributed by atoms with Gasteiger partial charge >= 0.3 is 0 Å². The van der Waals surface area contributed by atoms with Crippen LogP contribution in [0.5, 0.6) is 0 Å². The van der Waals surface area contributed by atoms with E-state index in [2.05, 4.69) is 10.2 Å². The minimum absolute atomic E-state index is 0.107. The van der Waals surface area contributed by atoms with Gasteiger partial charge in [0.15, 0.2) is 0 Å². The molecule has 0 unspecified atom stereocenters. The molecule has 24 heavy (non-hydrogen) atoms. The number of fused-ring (bicyclic) bond motifs is 1. The van der Waals surface area contributed by atoms with Crippen molar-refractivity contribution in [3.8, 4) is 0 Å². The van der Waals surface area contributed by atoms with Gasteiger partial charge in [-0.25, -0.2) is 0 Å². The molecule has 0 fully saturated rings. The summed E-state index contributed by atoms with van der Waals surface area (Å²) >= 11 is 0. The van der Waals surface area contributed by atoms with Gasteiger partial charge in [-0.05, 0) is 37.6 Å². The van der Waals surface area contributed by atoms with Crippen LogP contribution in [0.4, 0.5) is 0 Å². The Morgan fingerprint density at radius 1 is 1.21 bits per heavy atom. The molecule has 0 saturated heterocycles. The summed E-state index contributed by atoms with van der Waals surface area (Å²) in [6.07, 6.45) is 1.70. The summed E-state index contributed by atoms with van der Waals surface area (Å²) in [6, 6.07) is 15.2. The standard InChI is InChI=1S/C19H21N3O2/c1-19(2,24)13-22(12-14-6-4-3-5-7-14)18(23)15-8-9-17-16(10-15)11-20-21-17/h3-11,24H,12-13H2,1-2H3,(H,20,21). The highest BCUT2D eigenvalue weighted by Gasteiger charge is 2.24. The molecule has 0 bridgehead atoms. The van der Waals surface area contributed by atoms with Crippen molar-refractivity contribution in [1.82, 2.24) is 15.1 Å². The van der Waals surface area contributed by atoms with E-state index in [9.17, 15) is 9.90 Å². The van der Waals surface area contributed by atoms with Gasteiger partial charge in [0, 0.05) is 24.0 Å². The molecule has 0 atom stereocenters. The van der Waals surface area contributed by atoms with Gasteiger partial charge in [-0.3, -0.25) is 9.89 Å². The first kappa shape index (κ1) is 16.2. The van der Waals surface area contributed by atoms with E-state index in [1.807, 2.05) is 42.5 Å². The molecule has 0 aliphatic rings. The number of hydrogen-bond donors (Lipinski definition) is 2. The molecule has 124 valence electrons. The third-order valence-electron chi connectivity index (χ3n) is 3.77. The number of H-pyrrole nitrogens is 1. The minimum atomic E-state index is -0.968. The van der Waals surface area contributed by atoms with Gasteiger partial charge in [0.1, 0.15) is 0 Å². The zero-order valence-corrected chi connectivity index (χ0v) is 13.9. The number of carbonyl (C=O) groups is 1. The summed E-state index contributed by atoms with van der Waals surface area (Å²) in [6.45, 7) is 4.12. The molecule has 0 aliphatic carbocycles. The number of amides is 1. The molecule has 0 aliphatic heterocycles. The second kappa shape index (κ2) is 6.45. The van der Waals surface area contributed by atoms with E-state index in [4.69, 9.17) is 0 Å². The summed E-state index contributed by atoms with van der Waals surface area (Å²) in [5.41, 5.74) is 1.54. The maximum atomic E-state index is 13.0. The predicted octanol–water partition coefficient (Wildman–Crippen LogP) is 2.98. The lowest BCUT2D eigenvalue weighted by Gasteiger charge is -2.29. The van der Waals surface area contributed by atoms with Crippen molar-refractivity contribution in [3.63, 3.8) is 0 Å². The maximum absolute atomic E-state index is 13.0. The van der Waals surface area contributed by atoms with Crippen LogP contribution in [0.3, 0.4) is 0 Å². The summed E-state index contributed by atoms with van der Waals surface area (Å²) in [5.74, 6) is -0.107. The predicted molar refractivity (Wildman–Crippen MR) is 93.6 cm³/mol. The monoisotopic (exact) mass is 323 g/mol. The van der Waals surface area contributed by atoms with Crippen LogP contribution in [0.25, 0.3) is 10.9 Å². The molecule has 5 nitrogen and oxygen atoms in total. The Labute approximate surface area is 140 Å². The Hall–Kier alpha value is -2.66. The Bertz CT molecular complexity index is 834. The van der Waals surface area contributed by atoms with Gasteiger partial charge in [-0.2, -0.15) is 5.10 Å². The minimum Gasteiger partial charge on any atom is -0.389 e. The number of hydrogen-bond acceptors (Lipinski definition) is 3. The largest absolute Gasteiger partial charge is 0.389 e. The van der Waals surface area contributed by atoms with E-state index < -0.39 is 5.60 Å². The summed E-state index contributed by atoms with van der Waals surface area (Å²) in [4.78, 5) is 14.7. The lowest BCUT2D eigenvalue weighted by atomic mass is 10.1. The van der Waals surface area contributed by atoms with E-state index in [1.165, 1.54) is 0 Å². The van der Waals surface area contributed by atoms with Gasteiger partial charge in [-0.1, -0.05) is 30.3 Å². The smallest absolute Gasteiger partial charge is 0.254 e. The van der Waals surface area contributed by atoms with Crippen LogP contribution < -0.4 is 0 Å². The molecule has 2 N–H and O–H groups in total. The highest BCUT2D eigenvalue weighted by Crippen LogP contribution is 2.18. The van der Waals surface area contributed by atoms with E-state index in [0.717, 1.165) is 16.5 Å². The zero-order chi connectivity index (χ0) is 17.2. The van der Waals surface area contributed by atoms with Crippen LogP contribution in [0, 0.1) is 0 Å².